The Balaban J connectivity index is -0.000000447. The van der Waals surface area contributed by atoms with E-state index in [1.165, 1.54) is 36.0 Å². The van der Waals surface area contributed by atoms with Crippen LogP contribution in [-0.2, 0) is 5.41 Å². The Labute approximate surface area is 183 Å². The van der Waals surface area contributed by atoms with Gasteiger partial charge in [0.05, 0.1) is 7.18 Å². The minimum absolute atomic E-state index is 0. The summed E-state index contributed by atoms with van der Waals surface area (Å²) < 4.78 is 9.50. The predicted molar refractivity (Wildman–Crippen MR) is 134 cm³/mol. The summed E-state index contributed by atoms with van der Waals surface area (Å²) in [5.74, 6) is 1.55. The maximum Gasteiger partial charge on any atom is 0.0785 e. The van der Waals surface area contributed by atoms with E-state index < -0.39 is 0 Å². The van der Waals surface area contributed by atoms with Gasteiger partial charge in [-0.25, -0.2) is 0 Å². The molecule has 168 valence electrons. The zero-order chi connectivity index (χ0) is 22.9. The number of rotatable bonds is 4. The summed E-state index contributed by atoms with van der Waals surface area (Å²) in [5, 5.41) is 0. The summed E-state index contributed by atoms with van der Waals surface area (Å²) in [7, 11) is 0.500. The van der Waals surface area contributed by atoms with E-state index in [9.17, 15) is 4.39 Å². The Kier molecular flexibility index (Phi) is 17.6. The van der Waals surface area contributed by atoms with Gasteiger partial charge in [-0.05, 0) is 22.6 Å². The first-order valence-electron chi connectivity index (χ1n) is 11.6. The quantitative estimate of drug-likeness (QED) is 0.475. The van der Waals surface area contributed by atoms with Crippen LogP contribution < -0.4 is 0 Å². The van der Waals surface area contributed by atoms with Crippen molar-refractivity contribution in [1.82, 2.24) is 0 Å². The average Bonchev–Trinajstić information content (AvgIpc) is 2.80. The minimum Gasteiger partial charge on any atom is -0.255 e. The van der Waals surface area contributed by atoms with E-state index in [-0.39, 0.29) is 6.84 Å². The van der Waals surface area contributed by atoms with Crippen LogP contribution in [0.4, 0.5) is 4.39 Å². The molecule has 1 aliphatic carbocycles. The van der Waals surface area contributed by atoms with Crippen molar-refractivity contribution in [2.75, 3.05) is 7.18 Å². The van der Waals surface area contributed by atoms with Gasteiger partial charge in [-0.3, -0.25) is 4.39 Å². The zero-order valence-corrected chi connectivity index (χ0v) is 20.9. The van der Waals surface area contributed by atoms with Crippen molar-refractivity contribution >= 4 is 0 Å². The van der Waals surface area contributed by atoms with Crippen molar-refractivity contribution in [2.45, 2.75) is 92.9 Å². The molecule has 0 spiro atoms. The van der Waals surface area contributed by atoms with E-state index in [1.807, 2.05) is 27.7 Å². The normalized spacial score (nSPS) is 14.7. The SMILES string of the molecule is CC.CC.CC1(C)c2ccccc2C1c1ccccc1.CCC(CC)CC.CF.[HH]. The molecule has 0 radical (unpaired) electrons. The third-order valence-electron chi connectivity index (χ3n) is 5.55. The first-order chi connectivity index (χ1) is 14.1. The van der Waals surface area contributed by atoms with Gasteiger partial charge in [-0.15, -0.1) is 0 Å². The molecule has 0 amide bonds. The Bertz CT molecular complexity index is 598. The summed E-state index contributed by atoms with van der Waals surface area (Å²) in [4.78, 5) is 0. The first kappa shape index (κ1) is 29.6. The average molecular weight is 405 g/mol. The van der Waals surface area contributed by atoms with Crippen LogP contribution in [0.3, 0.4) is 0 Å². The molecule has 0 bridgehead atoms. The maximum absolute atomic E-state index is 9.50. The molecule has 29 heavy (non-hydrogen) atoms. The van der Waals surface area contributed by atoms with Crippen LogP contribution in [0.5, 0.6) is 0 Å². The summed E-state index contributed by atoms with van der Waals surface area (Å²) >= 11 is 0. The van der Waals surface area contributed by atoms with E-state index in [1.54, 1.807) is 0 Å². The monoisotopic (exact) mass is 404 g/mol. The van der Waals surface area contributed by atoms with E-state index in [2.05, 4.69) is 89.2 Å². The molecule has 2 aromatic rings. The number of halogens is 1. The second-order valence-electron chi connectivity index (χ2n) is 7.24. The van der Waals surface area contributed by atoms with Gasteiger partial charge >= 0.3 is 0 Å². The highest BCUT2D eigenvalue weighted by Crippen LogP contribution is 2.54. The summed E-state index contributed by atoms with van der Waals surface area (Å²) in [6, 6.07) is 19.6. The minimum atomic E-state index is 0. The van der Waals surface area contributed by atoms with Crippen LogP contribution in [0.25, 0.3) is 0 Å². The van der Waals surface area contributed by atoms with Gasteiger partial charge in [0, 0.05) is 12.8 Å². The topological polar surface area (TPSA) is 0 Å². The van der Waals surface area contributed by atoms with Crippen LogP contribution in [0.15, 0.2) is 54.6 Å². The second-order valence-corrected chi connectivity index (χ2v) is 7.24. The molecule has 1 atom stereocenters. The van der Waals surface area contributed by atoms with Crippen LogP contribution in [-0.4, -0.2) is 7.18 Å². The highest BCUT2D eigenvalue weighted by atomic mass is 19.1. The molecule has 0 fully saturated rings. The zero-order valence-electron chi connectivity index (χ0n) is 20.9. The summed E-state index contributed by atoms with van der Waals surface area (Å²) in [6.07, 6.45) is 4.06. The van der Waals surface area contributed by atoms with Crippen molar-refractivity contribution in [3.63, 3.8) is 0 Å². The molecule has 2 aromatic carbocycles. The fraction of sp³-hybridized carbons (Fsp3) is 0.571. The predicted octanol–water partition coefficient (Wildman–Crippen LogP) is 9.83. The van der Waals surface area contributed by atoms with E-state index in [0.717, 1.165) is 5.92 Å². The molecule has 1 aliphatic rings. The largest absolute Gasteiger partial charge is 0.255 e. The molecule has 1 unspecified atom stereocenters. The molecule has 1 heteroatoms. The molecule has 0 nitrogen and oxygen atoms in total. The Hall–Kier alpha value is -1.63. The lowest BCUT2D eigenvalue weighted by molar-refractivity contribution is 0.392. The van der Waals surface area contributed by atoms with Crippen molar-refractivity contribution in [1.29, 1.82) is 0 Å². The number of hydrogen-bond acceptors (Lipinski definition) is 0. The Morgan fingerprint density at radius 1 is 0.759 bits per heavy atom. The second kappa shape index (κ2) is 17.2. The van der Waals surface area contributed by atoms with Crippen LogP contribution in [0.1, 0.15) is 106 Å². The number of hydrogen-bond donors (Lipinski definition) is 0. The fourth-order valence-corrected chi connectivity index (χ4v) is 3.91. The van der Waals surface area contributed by atoms with Crippen molar-refractivity contribution in [3.8, 4) is 0 Å². The fourth-order valence-electron chi connectivity index (χ4n) is 3.91. The smallest absolute Gasteiger partial charge is 0.0785 e. The van der Waals surface area contributed by atoms with E-state index in [4.69, 9.17) is 0 Å². The van der Waals surface area contributed by atoms with Crippen LogP contribution >= 0.6 is 0 Å². The highest BCUT2D eigenvalue weighted by molar-refractivity contribution is 5.54. The van der Waals surface area contributed by atoms with Crippen molar-refractivity contribution < 1.29 is 5.82 Å². The maximum atomic E-state index is 9.50. The Morgan fingerprint density at radius 3 is 1.59 bits per heavy atom. The van der Waals surface area contributed by atoms with Gasteiger partial charge in [-0.2, -0.15) is 0 Å². The third-order valence-corrected chi connectivity index (χ3v) is 5.55. The molecule has 0 saturated carbocycles. The van der Waals surface area contributed by atoms with Gasteiger partial charge < -0.3 is 0 Å². The van der Waals surface area contributed by atoms with Crippen LogP contribution in [0.2, 0.25) is 0 Å². The molecule has 0 aromatic heterocycles. The third kappa shape index (κ3) is 8.33. The highest BCUT2D eigenvalue weighted by Gasteiger charge is 2.44. The van der Waals surface area contributed by atoms with Gasteiger partial charge in [0.15, 0.2) is 0 Å². The van der Waals surface area contributed by atoms with Gasteiger partial charge in [0.1, 0.15) is 0 Å². The van der Waals surface area contributed by atoms with Gasteiger partial charge in [-0.1, -0.05) is 136 Å². The van der Waals surface area contributed by atoms with Gasteiger partial charge in [0.2, 0.25) is 0 Å². The van der Waals surface area contributed by atoms with Crippen LogP contribution in [0, 0.1) is 5.92 Å². The van der Waals surface area contributed by atoms with Crippen molar-refractivity contribution in [3.05, 3.63) is 71.3 Å². The van der Waals surface area contributed by atoms with Crippen molar-refractivity contribution in [2.24, 2.45) is 5.92 Å². The lowest BCUT2D eigenvalue weighted by atomic mass is 9.56. The number of fused-ring (bicyclic) bond motifs is 1. The van der Waals surface area contributed by atoms with E-state index >= 15 is 0 Å². The van der Waals surface area contributed by atoms with Gasteiger partial charge in [0.25, 0.3) is 0 Å². The molecule has 0 N–H and O–H groups in total. The summed E-state index contributed by atoms with van der Waals surface area (Å²) in [6.45, 7) is 19.5. The number of alkyl halides is 1. The van der Waals surface area contributed by atoms with E-state index in [0.29, 0.717) is 13.1 Å². The molecule has 0 aliphatic heterocycles. The standard InChI is InChI=1S/C16H16.C7H16.2C2H6.CH3F.H2/c1-16(2)14-11-7-6-10-13(14)15(16)12-8-4-3-5-9-12;1-4-7(5-2)6-3;3*1-2;/h3-11,15H,1-2H3;7H,4-6H2,1-3H3;2*1-2H3;1H3;1H. The Morgan fingerprint density at radius 2 is 1.17 bits per heavy atom. The lowest BCUT2D eigenvalue weighted by Crippen LogP contribution is -2.38. The molecular weight excluding hydrogens is 355 g/mol. The summed E-state index contributed by atoms with van der Waals surface area (Å²) in [5.41, 5.74) is 4.71. The molecule has 3 rings (SSSR count). The number of benzene rings is 2. The first-order valence-corrected chi connectivity index (χ1v) is 11.6. The molecule has 0 heterocycles. The lowest BCUT2D eigenvalue weighted by Gasteiger charge is -2.47. The molecule has 0 saturated heterocycles. The molecular formula is C28H49F.